The molecule has 0 saturated heterocycles. The summed E-state index contributed by atoms with van der Waals surface area (Å²) in [6.45, 7) is 6.12. The quantitative estimate of drug-likeness (QED) is 0.778. The lowest BCUT2D eigenvalue weighted by atomic mass is 10.1. The maximum Gasteiger partial charge on any atom is 0.251 e. The van der Waals surface area contributed by atoms with Crippen molar-refractivity contribution in [2.45, 2.75) is 24.8 Å². The van der Waals surface area contributed by atoms with Crippen LogP contribution in [-0.2, 0) is 9.84 Å². The minimum absolute atomic E-state index is 0.0768. The Morgan fingerprint density at radius 2 is 1.92 bits per heavy atom. The van der Waals surface area contributed by atoms with E-state index in [0.717, 1.165) is 25.1 Å². The molecule has 0 bridgehead atoms. The molecule has 25 heavy (non-hydrogen) atoms. The van der Waals surface area contributed by atoms with Crippen LogP contribution >= 0.6 is 0 Å². The second-order valence-corrected chi connectivity index (χ2v) is 7.78. The zero-order chi connectivity index (χ0) is 18.4. The summed E-state index contributed by atoms with van der Waals surface area (Å²) < 4.78 is 28.8. The first-order chi connectivity index (χ1) is 11.9. The normalized spacial score (nSPS) is 13.0. The van der Waals surface area contributed by atoms with Crippen molar-refractivity contribution in [3.05, 3.63) is 54.0 Å². The lowest BCUT2D eigenvalue weighted by Crippen LogP contribution is -2.38. The average molecular weight is 364 g/mol. The van der Waals surface area contributed by atoms with Gasteiger partial charge >= 0.3 is 0 Å². The molecule has 0 unspecified atom stereocenters. The summed E-state index contributed by atoms with van der Waals surface area (Å²) >= 11 is 0. The van der Waals surface area contributed by atoms with E-state index in [2.05, 4.69) is 24.1 Å². The number of carbonyl (C=O) groups excluding carboxylic acids is 1. The van der Waals surface area contributed by atoms with E-state index in [1.54, 1.807) is 18.4 Å². The van der Waals surface area contributed by atoms with Gasteiger partial charge in [0.25, 0.3) is 5.91 Å². The number of nitrogens with zero attached hydrogens (tertiary/aromatic N) is 1. The smallest absolute Gasteiger partial charge is 0.251 e. The number of benzene rings is 1. The zero-order valence-electron chi connectivity index (χ0n) is 14.7. The highest BCUT2D eigenvalue weighted by Gasteiger charge is 2.21. The van der Waals surface area contributed by atoms with E-state index in [9.17, 15) is 13.2 Å². The van der Waals surface area contributed by atoms with Gasteiger partial charge in [0.1, 0.15) is 5.76 Å². The first kappa shape index (κ1) is 19.2. The van der Waals surface area contributed by atoms with Crippen molar-refractivity contribution in [3.63, 3.8) is 0 Å². The molecule has 0 saturated carbocycles. The van der Waals surface area contributed by atoms with Gasteiger partial charge in [0.15, 0.2) is 9.84 Å². The molecule has 0 spiro atoms. The van der Waals surface area contributed by atoms with Crippen LogP contribution in [0, 0.1) is 0 Å². The molecule has 1 heterocycles. The number of hydrogen-bond donors (Lipinski definition) is 1. The van der Waals surface area contributed by atoms with Gasteiger partial charge in [-0.25, -0.2) is 8.42 Å². The number of rotatable bonds is 8. The molecule has 6 nitrogen and oxygen atoms in total. The third kappa shape index (κ3) is 4.93. The second kappa shape index (κ2) is 8.31. The molecule has 2 rings (SSSR count). The molecule has 0 fully saturated rings. The molecule has 1 aromatic carbocycles. The van der Waals surface area contributed by atoms with Crippen LogP contribution < -0.4 is 5.32 Å². The molecular formula is C18H24N2O4S. The number of sulfone groups is 1. The summed E-state index contributed by atoms with van der Waals surface area (Å²) in [5, 5.41) is 2.88. The maximum atomic E-state index is 12.4. The minimum atomic E-state index is -3.35. The van der Waals surface area contributed by atoms with Crippen LogP contribution in [0.15, 0.2) is 52.0 Å². The highest BCUT2D eigenvalue weighted by molar-refractivity contribution is 7.90. The minimum Gasteiger partial charge on any atom is -0.468 e. The summed E-state index contributed by atoms with van der Waals surface area (Å²) in [6.07, 6.45) is 2.74. The number of likely N-dealkylation sites (N-methyl/N-ethyl adjacent to an activating group) is 1. The Balaban J connectivity index is 2.14. The van der Waals surface area contributed by atoms with E-state index in [1.807, 2.05) is 12.1 Å². The monoisotopic (exact) mass is 364 g/mol. The fraction of sp³-hybridized carbons (Fsp3) is 0.389. The zero-order valence-corrected chi connectivity index (χ0v) is 15.5. The molecule has 0 aliphatic rings. The van der Waals surface area contributed by atoms with Crippen molar-refractivity contribution in [1.82, 2.24) is 10.2 Å². The Hall–Kier alpha value is -2.12. The van der Waals surface area contributed by atoms with E-state index in [1.165, 1.54) is 12.1 Å². The number of amides is 1. The molecule has 136 valence electrons. The molecule has 1 atom stereocenters. The van der Waals surface area contributed by atoms with Crippen molar-refractivity contribution in [2.24, 2.45) is 0 Å². The number of furan rings is 1. The number of hydrogen-bond acceptors (Lipinski definition) is 5. The number of carbonyl (C=O) groups is 1. The van der Waals surface area contributed by atoms with Crippen LogP contribution in [-0.4, -0.2) is 45.1 Å². The van der Waals surface area contributed by atoms with Crippen molar-refractivity contribution in [2.75, 3.05) is 25.9 Å². The maximum absolute atomic E-state index is 12.4. The summed E-state index contributed by atoms with van der Waals surface area (Å²) in [6, 6.07) is 9.68. The van der Waals surface area contributed by atoms with Gasteiger partial charge < -0.3 is 9.73 Å². The predicted octanol–water partition coefficient (Wildman–Crippen LogP) is 2.50. The number of nitrogens with one attached hydrogen (secondary N) is 1. The van der Waals surface area contributed by atoms with Crippen LogP contribution in [0.5, 0.6) is 0 Å². The van der Waals surface area contributed by atoms with Crippen molar-refractivity contribution < 1.29 is 17.6 Å². The van der Waals surface area contributed by atoms with E-state index in [4.69, 9.17) is 4.42 Å². The van der Waals surface area contributed by atoms with Crippen LogP contribution in [0.2, 0.25) is 0 Å². The Labute approximate surface area is 148 Å². The fourth-order valence-electron chi connectivity index (χ4n) is 2.71. The molecule has 7 heteroatoms. The van der Waals surface area contributed by atoms with Gasteiger partial charge in [0.05, 0.1) is 17.2 Å². The van der Waals surface area contributed by atoms with Crippen LogP contribution in [0.1, 0.15) is 36.0 Å². The fourth-order valence-corrected chi connectivity index (χ4v) is 3.38. The van der Waals surface area contributed by atoms with Crippen LogP contribution in [0.4, 0.5) is 0 Å². The van der Waals surface area contributed by atoms with Gasteiger partial charge in [-0.2, -0.15) is 0 Å². The highest BCUT2D eigenvalue weighted by atomic mass is 32.2. The Morgan fingerprint density at radius 3 is 2.48 bits per heavy atom. The van der Waals surface area contributed by atoms with Gasteiger partial charge in [0.2, 0.25) is 0 Å². The average Bonchev–Trinajstić information content (AvgIpc) is 3.12. The first-order valence-corrected chi connectivity index (χ1v) is 10.1. The van der Waals surface area contributed by atoms with Gasteiger partial charge in [-0.05, 0) is 43.4 Å². The predicted molar refractivity (Wildman–Crippen MR) is 96.3 cm³/mol. The molecule has 1 amide bonds. The van der Waals surface area contributed by atoms with Gasteiger partial charge in [-0.3, -0.25) is 9.69 Å². The molecular weight excluding hydrogens is 340 g/mol. The lowest BCUT2D eigenvalue weighted by molar-refractivity contribution is 0.0929. The lowest BCUT2D eigenvalue weighted by Gasteiger charge is -2.28. The summed E-state index contributed by atoms with van der Waals surface area (Å²) in [4.78, 5) is 14.8. The molecule has 0 aliphatic carbocycles. The van der Waals surface area contributed by atoms with Gasteiger partial charge in [0, 0.05) is 18.4 Å². The molecule has 1 N–H and O–H groups in total. The Kier molecular flexibility index (Phi) is 6.39. The van der Waals surface area contributed by atoms with Crippen LogP contribution in [0.25, 0.3) is 0 Å². The topological polar surface area (TPSA) is 79.6 Å². The summed E-state index contributed by atoms with van der Waals surface area (Å²) in [5.74, 6) is 0.475. The third-order valence-corrected chi connectivity index (χ3v) is 5.22. The highest BCUT2D eigenvalue weighted by Crippen LogP contribution is 2.20. The molecule has 2 aromatic rings. The SMILES string of the molecule is CCN(CC)[C@@H](CNC(=O)c1cccc(S(C)(=O)=O)c1)c1ccco1. The Bertz CT molecular complexity index is 796. The van der Waals surface area contributed by atoms with Crippen molar-refractivity contribution >= 4 is 15.7 Å². The summed E-state index contributed by atoms with van der Waals surface area (Å²) in [7, 11) is -3.35. The van der Waals surface area contributed by atoms with E-state index in [0.29, 0.717) is 12.1 Å². The Morgan fingerprint density at radius 1 is 1.20 bits per heavy atom. The van der Waals surface area contributed by atoms with E-state index < -0.39 is 9.84 Å². The first-order valence-electron chi connectivity index (χ1n) is 8.22. The molecule has 0 aliphatic heterocycles. The van der Waals surface area contributed by atoms with Crippen molar-refractivity contribution in [3.8, 4) is 0 Å². The molecule has 0 radical (unpaired) electrons. The van der Waals surface area contributed by atoms with Crippen molar-refractivity contribution in [1.29, 1.82) is 0 Å². The largest absolute Gasteiger partial charge is 0.468 e. The van der Waals surface area contributed by atoms with Crippen LogP contribution in [0.3, 0.4) is 0 Å². The molecule has 1 aromatic heterocycles. The van der Waals surface area contributed by atoms with E-state index in [-0.39, 0.29) is 16.8 Å². The second-order valence-electron chi connectivity index (χ2n) is 5.76. The van der Waals surface area contributed by atoms with Gasteiger partial charge in [-0.1, -0.05) is 19.9 Å². The third-order valence-electron chi connectivity index (χ3n) is 4.11. The standard InChI is InChI=1S/C18H24N2O4S/c1-4-20(5-2)16(17-10-7-11-24-17)13-19-18(21)14-8-6-9-15(12-14)25(3,22)23/h6-12,16H,4-5,13H2,1-3H3,(H,19,21)/t16-/m0/s1. The summed E-state index contributed by atoms with van der Waals surface area (Å²) in [5.41, 5.74) is 0.320. The van der Waals surface area contributed by atoms with E-state index >= 15 is 0 Å². The van der Waals surface area contributed by atoms with Gasteiger partial charge in [-0.15, -0.1) is 0 Å².